The van der Waals surface area contributed by atoms with Crippen molar-refractivity contribution in [1.29, 1.82) is 0 Å². The number of aliphatic hydroxyl groups is 1. The molecule has 1 aromatic carbocycles. The summed E-state index contributed by atoms with van der Waals surface area (Å²) in [5, 5.41) is 9.20. The molecule has 0 saturated heterocycles. The fourth-order valence-corrected chi connectivity index (χ4v) is 1.87. The van der Waals surface area contributed by atoms with Crippen LogP contribution in [0.3, 0.4) is 0 Å². The average molecular weight is 328 g/mol. The summed E-state index contributed by atoms with van der Waals surface area (Å²) < 4.78 is 76.1. The van der Waals surface area contributed by atoms with Crippen LogP contribution in [-0.2, 0) is 5.60 Å². The molecular formula is C14H14F6O2. The molecule has 0 radical (unpaired) electrons. The van der Waals surface area contributed by atoms with Crippen molar-refractivity contribution in [1.82, 2.24) is 0 Å². The Morgan fingerprint density at radius 2 is 1.41 bits per heavy atom. The smallest absolute Gasteiger partial charge is 0.369 e. The molecule has 8 heteroatoms. The van der Waals surface area contributed by atoms with Crippen molar-refractivity contribution in [2.75, 3.05) is 0 Å². The number of carbonyl (C=O) groups excluding carboxylic acids is 1. The molecule has 0 aromatic heterocycles. The molecule has 0 aliphatic carbocycles. The predicted octanol–water partition coefficient (Wildman–Crippen LogP) is 4.23. The van der Waals surface area contributed by atoms with Gasteiger partial charge in [-0.2, -0.15) is 26.3 Å². The van der Waals surface area contributed by atoms with Crippen molar-refractivity contribution >= 4 is 5.78 Å². The number of halogens is 6. The number of alkyl halides is 6. The van der Waals surface area contributed by atoms with Gasteiger partial charge in [-0.1, -0.05) is 38.1 Å². The lowest BCUT2D eigenvalue weighted by Gasteiger charge is -2.32. The number of benzene rings is 1. The van der Waals surface area contributed by atoms with Crippen LogP contribution in [0, 0.1) is 5.92 Å². The number of rotatable bonds is 4. The van der Waals surface area contributed by atoms with E-state index in [4.69, 9.17) is 0 Å². The van der Waals surface area contributed by atoms with Crippen molar-refractivity contribution in [3.05, 3.63) is 35.4 Å². The molecule has 0 unspecified atom stereocenters. The van der Waals surface area contributed by atoms with E-state index in [-0.39, 0.29) is 17.9 Å². The van der Waals surface area contributed by atoms with Crippen molar-refractivity contribution in [3.63, 3.8) is 0 Å². The Hall–Kier alpha value is -1.57. The van der Waals surface area contributed by atoms with E-state index in [1.54, 1.807) is 13.8 Å². The monoisotopic (exact) mass is 328 g/mol. The highest BCUT2D eigenvalue weighted by Crippen LogP contribution is 2.49. The van der Waals surface area contributed by atoms with Crippen LogP contribution in [0.25, 0.3) is 0 Å². The van der Waals surface area contributed by atoms with E-state index in [0.717, 1.165) is 12.1 Å². The molecule has 22 heavy (non-hydrogen) atoms. The van der Waals surface area contributed by atoms with Gasteiger partial charge in [0, 0.05) is 17.5 Å². The van der Waals surface area contributed by atoms with E-state index in [0.29, 0.717) is 12.1 Å². The summed E-state index contributed by atoms with van der Waals surface area (Å²) >= 11 is 0. The van der Waals surface area contributed by atoms with Gasteiger partial charge in [-0.05, 0) is 5.92 Å². The van der Waals surface area contributed by atoms with Gasteiger partial charge in [0.1, 0.15) is 0 Å². The van der Waals surface area contributed by atoms with Crippen molar-refractivity contribution in [3.8, 4) is 0 Å². The van der Waals surface area contributed by atoms with Crippen LogP contribution in [0.2, 0.25) is 0 Å². The molecule has 0 fully saturated rings. The minimum Gasteiger partial charge on any atom is -0.369 e. The Labute approximate surface area is 122 Å². The molecule has 0 atom stereocenters. The SMILES string of the molecule is CC(C)CC(=O)c1ccc(C(O)(C(F)(F)F)C(F)(F)F)cc1. The van der Waals surface area contributed by atoms with Crippen molar-refractivity contribution in [2.24, 2.45) is 5.92 Å². The van der Waals surface area contributed by atoms with E-state index >= 15 is 0 Å². The number of hydrogen-bond donors (Lipinski definition) is 1. The predicted molar refractivity (Wildman–Crippen MR) is 66.2 cm³/mol. The number of ketones is 1. The lowest BCUT2D eigenvalue weighted by Crippen LogP contribution is -2.53. The van der Waals surface area contributed by atoms with Gasteiger partial charge in [-0.15, -0.1) is 0 Å². The van der Waals surface area contributed by atoms with E-state index < -0.39 is 29.3 Å². The normalized spacial score (nSPS) is 13.5. The second-order valence-electron chi connectivity index (χ2n) is 5.30. The first-order chi connectivity index (χ1) is 9.80. The topological polar surface area (TPSA) is 37.3 Å². The summed E-state index contributed by atoms with van der Waals surface area (Å²) in [7, 11) is 0. The zero-order valence-corrected chi connectivity index (χ0v) is 11.7. The Morgan fingerprint density at radius 1 is 1.00 bits per heavy atom. The van der Waals surface area contributed by atoms with Gasteiger partial charge < -0.3 is 5.11 Å². The average Bonchev–Trinajstić information content (AvgIpc) is 2.34. The van der Waals surface area contributed by atoms with Gasteiger partial charge in [0.25, 0.3) is 5.60 Å². The Kier molecular flexibility index (Phi) is 4.96. The molecule has 0 heterocycles. The van der Waals surface area contributed by atoms with E-state index in [1.165, 1.54) is 0 Å². The zero-order valence-electron chi connectivity index (χ0n) is 11.7. The molecule has 0 spiro atoms. The Bertz CT molecular complexity index is 514. The van der Waals surface area contributed by atoms with Gasteiger partial charge in [0.2, 0.25) is 0 Å². The Balaban J connectivity index is 3.24. The number of Topliss-reactive ketones (excluding diaryl/α,β-unsaturated/α-hetero) is 1. The van der Waals surface area contributed by atoms with Crippen LogP contribution in [0.1, 0.15) is 36.2 Å². The summed E-state index contributed by atoms with van der Waals surface area (Å²) in [5.41, 5.74) is -6.36. The summed E-state index contributed by atoms with van der Waals surface area (Å²) in [6, 6.07) is 2.63. The molecule has 1 aromatic rings. The van der Waals surface area contributed by atoms with Gasteiger partial charge in [-0.25, -0.2) is 0 Å². The maximum absolute atomic E-state index is 12.7. The van der Waals surface area contributed by atoms with Crippen LogP contribution in [-0.4, -0.2) is 23.2 Å². The van der Waals surface area contributed by atoms with Crippen LogP contribution in [0.5, 0.6) is 0 Å². The number of carbonyl (C=O) groups is 1. The van der Waals surface area contributed by atoms with E-state index in [2.05, 4.69) is 0 Å². The fourth-order valence-electron chi connectivity index (χ4n) is 1.87. The third kappa shape index (κ3) is 3.43. The standard InChI is InChI=1S/C14H14F6O2/c1-8(2)7-11(21)9-3-5-10(6-4-9)12(22,13(15,16)17)14(18,19)20/h3-6,8,22H,7H2,1-2H3. The number of hydrogen-bond acceptors (Lipinski definition) is 2. The van der Waals surface area contributed by atoms with Gasteiger partial charge in [-0.3, -0.25) is 4.79 Å². The summed E-state index contributed by atoms with van der Waals surface area (Å²) in [5.74, 6) is -0.404. The van der Waals surface area contributed by atoms with Crippen molar-refractivity contribution in [2.45, 2.75) is 38.2 Å². The van der Waals surface area contributed by atoms with E-state index in [9.17, 15) is 36.2 Å². The fraction of sp³-hybridized carbons (Fsp3) is 0.500. The summed E-state index contributed by atoms with van der Waals surface area (Å²) in [6.45, 7) is 3.50. The van der Waals surface area contributed by atoms with Gasteiger partial charge in [0.15, 0.2) is 5.78 Å². The largest absolute Gasteiger partial charge is 0.430 e. The third-order valence-electron chi connectivity index (χ3n) is 3.04. The highest BCUT2D eigenvalue weighted by atomic mass is 19.4. The maximum Gasteiger partial charge on any atom is 0.430 e. The molecule has 1 rings (SSSR count). The Morgan fingerprint density at radius 3 is 1.73 bits per heavy atom. The van der Waals surface area contributed by atoms with Crippen LogP contribution < -0.4 is 0 Å². The van der Waals surface area contributed by atoms with Crippen LogP contribution in [0.4, 0.5) is 26.3 Å². The second kappa shape index (κ2) is 5.91. The molecule has 0 aliphatic heterocycles. The van der Waals surface area contributed by atoms with E-state index in [1.807, 2.05) is 0 Å². The molecular weight excluding hydrogens is 314 g/mol. The third-order valence-corrected chi connectivity index (χ3v) is 3.04. The lowest BCUT2D eigenvalue weighted by atomic mass is 9.90. The molecule has 0 saturated carbocycles. The summed E-state index contributed by atoms with van der Waals surface area (Å²) in [6.07, 6.45) is -11.8. The molecule has 0 aliphatic rings. The molecule has 2 nitrogen and oxygen atoms in total. The van der Waals surface area contributed by atoms with Gasteiger partial charge in [0.05, 0.1) is 0 Å². The lowest BCUT2D eigenvalue weighted by molar-refractivity contribution is -0.376. The molecule has 1 N–H and O–H groups in total. The van der Waals surface area contributed by atoms with Crippen molar-refractivity contribution < 1.29 is 36.2 Å². The van der Waals surface area contributed by atoms with Gasteiger partial charge >= 0.3 is 12.4 Å². The quantitative estimate of drug-likeness (QED) is 0.663. The van der Waals surface area contributed by atoms with Crippen LogP contribution in [0.15, 0.2) is 24.3 Å². The minimum absolute atomic E-state index is 0.00513. The maximum atomic E-state index is 12.7. The van der Waals surface area contributed by atoms with Crippen LogP contribution >= 0.6 is 0 Å². The minimum atomic E-state index is -5.94. The molecule has 0 amide bonds. The first-order valence-electron chi connectivity index (χ1n) is 6.30. The highest BCUT2D eigenvalue weighted by molar-refractivity contribution is 5.96. The first kappa shape index (κ1) is 18.5. The molecule has 0 bridgehead atoms. The summed E-state index contributed by atoms with van der Waals surface area (Å²) in [4.78, 5) is 11.7. The first-order valence-corrected chi connectivity index (χ1v) is 6.30. The molecule has 124 valence electrons. The second-order valence-corrected chi connectivity index (χ2v) is 5.30. The highest BCUT2D eigenvalue weighted by Gasteiger charge is 2.71. The zero-order chi connectivity index (χ0) is 17.3.